The fourth-order valence-corrected chi connectivity index (χ4v) is 37.6. The van der Waals surface area contributed by atoms with Crippen molar-refractivity contribution in [1.29, 1.82) is 0 Å². The molecule has 0 fully saturated rings. The summed E-state index contributed by atoms with van der Waals surface area (Å²) in [6.07, 6.45) is -39.1. The number of halogens is 34. The normalized spacial score (nSPS) is 15.0. The van der Waals surface area contributed by atoms with Gasteiger partial charge in [0.25, 0.3) is 0 Å². The summed E-state index contributed by atoms with van der Waals surface area (Å²) in [6.45, 7) is 0. The fourth-order valence-electron chi connectivity index (χ4n) is 5.76. The first-order valence-corrected chi connectivity index (χ1v) is 32.4. The van der Waals surface area contributed by atoms with Crippen LogP contribution in [0.5, 0.6) is 0 Å². The van der Waals surface area contributed by atoms with Crippen molar-refractivity contribution in [3.8, 4) is 0 Å². The predicted octanol–water partition coefficient (Wildman–Crippen LogP) is 8.04. The highest BCUT2D eigenvalue weighted by molar-refractivity contribution is 7.04. The highest BCUT2D eigenvalue weighted by atomic mass is 28.6. The second kappa shape index (κ2) is 27.2. The molecule has 53 heteroatoms. The van der Waals surface area contributed by atoms with Gasteiger partial charge in [0, 0.05) is 0 Å². The largest absolute Gasteiger partial charge is 0.547 e. The van der Waals surface area contributed by atoms with Crippen molar-refractivity contribution in [3.05, 3.63) is 150 Å². The molecule has 0 aromatic heterocycles. The van der Waals surface area contributed by atoms with Crippen molar-refractivity contribution in [1.82, 2.24) is 0 Å². The van der Waals surface area contributed by atoms with Crippen LogP contribution in [-0.4, -0.2) is 93.8 Å². The van der Waals surface area contributed by atoms with Gasteiger partial charge in [-0.05, 0) is 0 Å². The maximum atomic E-state index is 16.6. The molecule has 0 heterocycles. The van der Waals surface area contributed by atoms with Gasteiger partial charge >= 0.3 is 100 Å². The lowest BCUT2D eigenvalue weighted by atomic mass is 10.3. The maximum absolute atomic E-state index is 16.6. The van der Waals surface area contributed by atoms with Crippen LogP contribution < -0.4 is 10.4 Å². The van der Waals surface area contributed by atoms with E-state index >= 15 is 61.5 Å². The summed E-state index contributed by atoms with van der Waals surface area (Å²) in [5, 5.41) is -7.60. The second-order valence-corrected chi connectivity index (χ2v) is 35.7. The van der Waals surface area contributed by atoms with Crippen molar-refractivity contribution < 1.29 is 186 Å². The fraction of sp³-hybridized carbons (Fsp3) is 0. The summed E-state index contributed by atoms with van der Waals surface area (Å²) >= 11 is 0. The van der Waals surface area contributed by atoms with E-state index in [1.54, 1.807) is 0 Å². The molecule has 0 saturated heterocycles. The van der Waals surface area contributed by atoms with E-state index in [0.717, 1.165) is 0 Å². The van der Waals surface area contributed by atoms with Gasteiger partial charge in [-0.1, -0.05) is 0 Å². The number of benzene rings is 2. The van der Waals surface area contributed by atoms with E-state index in [1.165, 1.54) is 0 Å². The molecule has 0 radical (unpaired) electrons. The van der Waals surface area contributed by atoms with E-state index < -0.39 is 255 Å². The molecule has 0 amide bonds. The molecule has 0 spiro atoms. The molecular weight excluding hydrogens is 1410 g/mol. The summed E-state index contributed by atoms with van der Waals surface area (Å²) in [4.78, 5) is 0. The van der Waals surface area contributed by atoms with Crippen molar-refractivity contribution in [2.24, 2.45) is 0 Å². The lowest BCUT2D eigenvalue weighted by molar-refractivity contribution is 0.134. The van der Waals surface area contributed by atoms with E-state index in [9.17, 15) is 87.8 Å². The molecule has 456 valence electrons. The quantitative estimate of drug-likeness (QED) is 0.0450. The molecule has 0 saturated carbocycles. The molecule has 3 unspecified atom stereocenters. The lowest BCUT2D eigenvalue weighted by Gasteiger charge is -2.46. The van der Waals surface area contributed by atoms with Crippen LogP contribution >= 0.6 is 0 Å². The third-order valence-electron chi connectivity index (χ3n) is 9.21. The summed E-state index contributed by atoms with van der Waals surface area (Å²) in [5.41, 5.74) is -39.0. The number of hydrogen-bond acceptors (Lipinski definition) is 9. The lowest BCUT2D eigenvalue weighted by Crippen LogP contribution is -2.77. The Morgan fingerprint density at radius 1 is 0.222 bits per heavy atom. The van der Waals surface area contributed by atoms with Gasteiger partial charge in [0.2, 0.25) is 22.5 Å². The first-order chi connectivity index (χ1) is 37.0. The number of hydrogen-bond donors (Lipinski definition) is 0. The summed E-state index contributed by atoms with van der Waals surface area (Å²) in [6, 6.07) is 0. The van der Waals surface area contributed by atoms with Crippen LogP contribution in [0, 0.1) is 58.2 Å². The van der Waals surface area contributed by atoms with Gasteiger partial charge in [0.05, 0.1) is 10.4 Å². The van der Waals surface area contributed by atoms with E-state index in [2.05, 4.69) is 37.0 Å². The minimum Gasteiger partial charge on any atom is -0.422 e. The molecule has 0 aliphatic heterocycles. The van der Waals surface area contributed by atoms with E-state index in [4.69, 9.17) is 0 Å². The van der Waals surface area contributed by atoms with Gasteiger partial charge in [-0.2, -0.15) is 70.2 Å². The average Bonchev–Trinajstić information content (AvgIpc) is 3.40. The van der Waals surface area contributed by atoms with Crippen LogP contribution in [0.3, 0.4) is 0 Å². The third kappa shape index (κ3) is 13.1. The van der Waals surface area contributed by atoms with Gasteiger partial charge in [-0.3, -0.25) is 0 Å². The molecule has 3 atom stereocenters. The van der Waals surface area contributed by atoms with Crippen LogP contribution in [0.1, 0.15) is 0 Å². The van der Waals surface area contributed by atoms with Crippen LogP contribution in [0.4, 0.5) is 149 Å². The Kier molecular flexibility index (Phi) is 24.5. The summed E-state index contributed by atoms with van der Waals surface area (Å²) in [7, 11) is -64.9. The molecule has 0 aliphatic carbocycles. The Morgan fingerprint density at radius 3 is 0.617 bits per heavy atom. The van der Waals surface area contributed by atoms with Crippen LogP contribution in [-0.2, 0) is 37.0 Å². The Hall–Kier alpha value is -4.21. The standard InChI is InChI=1S/C28H12F34O9Si10/c29-1-3(31)7(35)11(8(36)4(1)32)78(63-72,64-73)69-81(66-75,28(62)20(53)54)71-79(12-9(37)5(33)2(30)6(34)10(12)38,67-76(21(55)13(39)40,22(56)14(41)42)23(57)15(43)44)70-80(65-74,27(61)19(51)52)68-77(24(58)16(45)46,25(59)17(47)48)26(60)18(49)50/h72-75H3. The second-order valence-electron chi connectivity index (χ2n) is 13.4. The van der Waals surface area contributed by atoms with Crippen molar-refractivity contribution in [3.63, 3.8) is 0 Å². The minimum atomic E-state index is -10.5. The maximum Gasteiger partial charge on any atom is 0.547 e. The van der Waals surface area contributed by atoms with Gasteiger partial charge in [-0.15, -0.1) is 0 Å². The Balaban J connectivity index is 4.27. The smallest absolute Gasteiger partial charge is 0.422 e. The van der Waals surface area contributed by atoms with Gasteiger partial charge in [0.15, 0.2) is 79.2 Å². The monoisotopic (exact) mass is 1420 g/mol. The first-order valence-electron chi connectivity index (χ1n) is 18.4. The Morgan fingerprint density at radius 2 is 0.407 bits per heavy atom. The highest BCUT2D eigenvalue weighted by Gasteiger charge is 2.76. The van der Waals surface area contributed by atoms with Crippen LogP contribution in [0.15, 0.2) is 92.2 Å². The predicted molar refractivity (Wildman–Crippen MR) is 219 cm³/mol. The molecular formula is C28H12F34O9Si10. The zero-order chi connectivity index (χ0) is 63.5. The van der Waals surface area contributed by atoms with Crippen molar-refractivity contribution >= 4 is 104 Å². The number of rotatable bonds is 24. The van der Waals surface area contributed by atoms with Gasteiger partial charge in [-0.25, -0.2) is 79.0 Å². The van der Waals surface area contributed by atoms with E-state index in [1.807, 2.05) is 0 Å². The van der Waals surface area contributed by atoms with Crippen LogP contribution in [0.2, 0.25) is 0 Å². The molecule has 2 rings (SSSR count). The SMILES string of the molecule is FC(F)=C(F)[Si](O[SiH3])(O[Si](C(F)=C(F)F)(C(F)=C(F)F)C(F)=C(F)F)O[Si](O[Si](O[SiH3])(O[Si](O[SiH3])(O[SiH3])c1c(F)c(F)c(F)c(F)c1F)C(F)=C(F)F)(O[Si](C(F)=C(F)F)(C(F)=C(F)F)C(F)=C(F)F)c1c(F)c(F)c(F)c(F)c1F. The molecule has 0 N–H and O–H groups in total. The van der Waals surface area contributed by atoms with Crippen molar-refractivity contribution in [2.45, 2.75) is 0 Å². The zero-order valence-electron chi connectivity index (χ0n) is 37.5. The highest BCUT2D eigenvalue weighted by Crippen LogP contribution is 2.49. The minimum absolute atomic E-state index is 1.75. The van der Waals surface area contributed by atoms with E-state index in [0.29, 0.717) is 0 Å². The molecule has 2 aromatic carbocycles. The van der Waals surface area contributed by atoms with Crippen LogP contribution in [0.25, 0.3) is 0 Å². The molecule has 9 nitrogen and oxygen atoms in total. The molecule has 0 bridgehead atoms. The Bertz CT molecular complexity index is 2880. The first kappa shape index (κ1) is 72.9. The third-order valence-corrected chi connectivity index (χ3v) is 37.3. The average molecular weight is 1420 g/mol. The van der Waals surface area contributed by atoms with E-state index in [-0.39, 0.29) is 0 Å². The summed E-state index contributed by atoms with van der Waals surface area (Å²) < 4.78 is 549. The Labute approximate surface area is 440 Å². The van der Waals surface area contributed by atoms with Gasteiger partial charge < -0.3 is 37.0 Å². The molecule has 81 heavy (non-hydrogen) atoms. The molecule has 2 aromatic rings. The summed E-state index contributed by atoms with van der Waals surface area (Å²) in [5.74, 6) is -38.5. The van der Waals surface area contributed by atoms with Gasteiger partial charge in [0.1, 0.15) is 41.9 Å². The zero-order valence-corrected chi connectivity index (χ0v) is 51.5. The molecule has 0 aliphatic rings. The van der Waals surface area contributed by atoms with Crippen molar-refractivity contribution in [2.75, 3.05) is 0 Å². The topological polar surface area (TPSA) is 83.1 Å².